The molecule has 2 aromatic rings. The molecule has 0 radical (unpaired) electrons. The molecule has 0 fully saturated rings. The van der Waals surface area contributed by atoms with E-state index in [1.807, 2.05) is 0 Å². The Morgan fingerprint density at radius 3 is 2.62 bits per heavy atom. The molecule has 0 saturated carbocycles. The van der Waals surface area contributed by atoms with Gasteiger partial charge in [0.25, 0.3) is 0 Å². The Hall–Kier alpha value is -1.86. The molecule has 1 heterocycles. The Morgan fingerprint density at radius 1 is 1.38 bits per heavy atom. The largest absolute Gasteiger partial charge is 0.465 e. The fourth-order valence-corrected chi connectivity index (χ4v) is 3.21. The number of nitrogens with zero attached hydrogens (tertiary/aromatic N) is 1. The second kappa shape index (κ2) is 5.87. The van der Waals surface area contributed by atoms with Gasteiger partial charge in [-0.3, -0.25) is 0 Å². The average Bonchev–Trinajstić information content (AvgIpc) is 2.90. The van der Waals surface area contributed by atoms with Crippen molar-refractivity contribution in [2.45, 2.75) is 10.8 Å². The van der Waals surface area contributed by atoms with Crippen LogP contribution in [0, 0.1) is 0 Å². The van der Waals surface area contributed by atoms with Gasteiger partial charge in [0, 0.05) is 11.8 Å². The molecule has 0 unspecified atom stereocenters. The molecule has 2 rings (SSSR count). The first-order valence-electron chi connectivity index (χ1n) is 5.82. The molecule has 0 amide bonds. The number of halogens is 1. The standard InChI is InChI=1S/C13H12ClNO5S/c1-19-13(16)9-6-4-3-5-8(9)11-12(21(2,17)18)10(7-14)15-20-11/h3-6H,7H2,1-2H3. The molecule has 0 bridgehead atoms. The molecule has 0 N–H and O–H groups in total. The van der Waals surface area contributed by atoms with Crippen LogP contribution in [0.4, 0.5) is 0 Å². The van der Waals surface area contributed by atoms with Gasteiger partial charge in [0.05, 0.1) is 18.6 Å². The summed E-state index contributed by atoms with van der Waals surface area (Å²) in [5.41, 5.74) is 0.574. The molecule has 0 aliphatic rings. The van der Waals surface area contributed by atoms with Crippen molar-refractivity contribution in [3.8, 4) is 11.3 Å². The monoisotopic (exact) mass is 329 g/mol. The number of carbonyl (C=O) groups excluding carboxylic acids is 1. The second-order valence-corrected chi connectivity index (χ2v) is 6.45. The first-order chi connectivity index (χ1) is 9.90. The zero-order chi connectivity index (χ0) is 15.6. The molecule has 1 aromatic carbocycles. The van der Waals surface area contributed by atoms with Gasteiger partial charge in [-0.15, -0.1) is 11.6 Å². The Labute approximate surface area is 126 Å². The van der Waals surface area contributed by atoms with Crippen LogP contribution in [-0.2, 0) is 20.5 Å². The lowest BCUT2D eigenvalue weighted by molar-refractivity contribution is 0.0601. The Bertz CT molecular complexity index is 782. The van der Waals surface area contributed by atoms with E-state index in [4.69, 9.17) is 16.1 Å². The van der Waals surface area contributed by atoms with Crippen LogP contribution >= 0.6 is 11.6 Å². The number of carbonyl (C=O) groups is 1. The van der Waals surface area contributed by atoms with E-state index >= 15 is 0 Å². The van der Waals surface area contributed by atoms with Gasteiger partial charge in [0.1, 0.15) is 10.6 Å². The molecule has 0 aliphatic heterocycles. The number of hydrogen-bond donors (Lipinski definition) is 0. The molecule has 0 saturated heterocycles. The van der Waals surface area contributed by atoms with Crippen molar-refractivity contribution in [1.29, 1.82) is 0 Å². The number of alkyl halides is 1. The molecular weight excluding hydrogens is 318 g/mol. The Morgan fingerprint density at radius 2 is 2.05 bits per heavy atom. The predicted octanol–water partition coefficient (Wildman–Crippen LogP) is 2.27. The summed E-state index contributed by atoms with van der Waals surface area (Å²) < 4.78 is 33.7. The van der Waals surface area contributed by atoms with E-state index in [9.17, 15) is 13.2 Å². The van der Waals surface area contributed by atoms with Crippen molar-refractivity contribution in [1.82, 2.24) is 5.16 Å². The normalized spacial score (nSPS) is 11.4. The summed E-state index contributed by atoms with van der Waals surface area (Å²) in [5.74, 6) is -0.741. The van der Waals surface area contributed by atoms with E-state index in [1.165, 1.54) is 13.2 Å². The maximum atomic E-state index is 11.9. The summed E-state index contributed by atoms with van der Waals surface area (Å²) in [6.45, 7) is 0. The van der Waals surface area contributed by atoms with Crippen LogP contribution < -0.4 is 0 Å². The molecule has 0 spiro atoms. The SMILES string of the molecule is COC(=O)c1ccccc1-c1onc(CCl)c1S(C)(=O)=O. The van der Waals surface area contributed by atoms with Crippen molar-refractivity contribution in [2.24, 2.45) is 0 Å². The first kappa shape index (κ1) is 15.5. The maximum Gasteiger partial charge on any atom is 0.338 e. The molecule has 1 aromatic heterocycles. The van der Waals surface area contributed by atoms with Crippen molar-refractivity contribution in [3.63, 3.8) is 0 Å². The first-order valence-corrected chi connectivity index (χ1v) is 8.25. The smallest absolute Gasteiger partial charge is 0.338 e. The van der Waals surface area contributed by atoms with Crippen LogP contribution in [0.2, 0.25) is 0 Å². The van der Waals surface area contributed by atoms with Gasteiger partial charge in [-0.25, -0.2) is 13.2 Å². The zero-order valence-electron chi connectivity index (χ0n) is 11.3. The lowest BCUT2D eigenvalue weighted by Crippen LogP contribution is -2.05. The fraction of sp³-hybridized carbons (Fsp3) is 0.231. The van der Waals surface area contributed by atoms with Gasteiger partial charge >= 0.3 is 5.97 Å². The molecular formula is C13H12ClNO5S. The van der Waals surface area contributed by atoms with Crippen molar-refractivity contribution in [3.05, 3.63) is 35.5 Å². The van der Waals surface area contributed by atoms with Gasteiger partial charge in [-0.05, 0) is 6.07 Å². The van der Waals surface area contributed by atoms with Crippen LogP contribution in [-0.4, -0.2) is 32.9 Å². The Balaban J connectivity index is 2.75. The second-order valence-electron chi connectivity index (χ2n) is 4.23. The predicted molar refractivity (Wildman–Crippen MR) is 75.9 cm³/mol. The lowest BCUT2D eigenvalue weighted by Gasteiger charge is -2.06. The molecule has 112 valence electrons. The minimum atomic E-state index is -3.62. The highest BCUT2D eigenvalue weighted by atomic mass is 35.5. The lowest BCUT2D eigenvalue weighted by atomic mass is 10.1. The summed E-state index contributed by atoms with van der Waals surface area (Å²) >= 11 is 5.69. The highest BCUT2D eigenvalue weighted by Crippen LogP contribution is 2.33. The highest BCUT2D eigenvalue weighted by molar-refractivity contribution is 7.90. The van der Waals surface area contributed by atoms with E-state index in [1.54, 1.807) is 18.2 Å². The zero-order valence-corrected chi connectivity index (χ0v) is 12.9. The molecule has 6 nitrogen and oxygen atoms in total. The number of benzene rings is 1. The molecule has 0 aliphatic carbocycles. The molecule has 8 heteroatoms. The molecule has 0 atom stereocenters. The average molecular weight is 330 g/mol. The van der Waals surface area contributed by atoms with Crippen LogP contribution in [0.15, 0.2) is 33.7 Å². The number of sulfone groups is 1. The highest BCUT2D eigenvalue weighted by Gasteiger charge is 2.28. The van der Waals surface area contributed by atoms with Crippen LogP contribution in [0.1, 0.15) is 16.1 Å². The van der Waals surface area contributed by atoms with Gasteiger partial charge in [0.2, 0.25) is 0 Å². The topological polar surface area (TPSA) is 86.5 Å². The van der Waals surface area contributed by atoms with Gasteiger partial charge < -0.3 is 9.26 Å². The van der Waals surface area contributed by atoms with E-state index in [-0.39, 0.29) is 33.4 Å². The third kappa shape index (κ3) is 2.93. The van der Waals surface area contributed by atoms with Crippen molar-refractivity contribution < 1.29 is 22.5 Å². The van der Waals surface area contributed by atoms with Gasteiger partial charge in [-0.2, -0.15) is 0 Å². The Kier molecular flexibility index (Phi) is 4.34. The number of methoxy groups -OCH3 is 1. The molecule has 21 heavy (non-hydrogen) atoms. The summed E-state index contributed by atoms with van der Waals surface area (Å²) in [5, 5.41) is 3.67. The summed E-state index contributed by atoms with van der Waals surface area (Å²) in [6.07, 6.45) is 1.03. The van der Waals surface area contributed by atoms with E-state index in [0.29, 0.717) is 0 Å². The fourth-order valence-electron chi connectivity index (χ4n) is 1.92. The maximum absolute atomic E-state index is 11.9. The number of esters is 1. The van der Waals surface area contributed by atoms with E-state index < -0.39 is 15.8 Å². The summed E-state index contributed by atoms with van der Waals surface area (Å²) in [7, 11) is -2.39. The van der Waals surface area contributed by atoms with Crippen LogP contribution in [0.25, 0.3) is 11.3 Å². The third-order valence-corrected chi connectivity index (χ3v) is 4.21. The van der Waals surface area contributed by atoms with Crippen molar-refractivity contribution >= 4 is 27.4 Å². The third-order valence-electron chi connectivity index (χ3n) is 2.79. The van der Waals surface area contributed by atoms with Crippen LogP contribution in [0.5, 0.6) is 0 Å². The van der Waals surface area contributed by atoms with Crippen LogP contribution in [0.3, 0.4) is 0 Å². The number of ether oxygens (including phenoxy) is 1. The van der Waals surface area contributed by atoms with Gasteiger partial charge in [-0.1, -0.05) is 23.4 Å². The number of hydrogen-bond acceptors (Lipinski definition) is 6. The number of rotatable bonds is 4. The minimum Gasteiger partial charge on any atom is -0.465 e. The van der Waals surface area contributed by atoms with E-state index in [2.05, 4.69) is 9.89 Å². The summed E-state index contributed by atoms with van der Waals surface area (Å²) in [4.78, 5) is 11.7. The number of aromatic nitrogens is 1. The minimum absolute atomic E-state index is 0.0193. The van der Waals surface area contributed by atoms with Crippen molar-refractivity contribution in [2.75, 3.05) is 13.4 Å². The summed E-state index contributed by atoms with van der Waals surface area (Å²) in [6, 6.07) is 6.35. The quantitative estimate of drug-likeness (QED) is 0.631. The van der Waals surface area contributed by atoms with Gasteiger partial charge in [0.15, 0.2) is 15.6 Å². The van der Waals surface area contributed by atoms with E-state index in [0.717, 1.165) is 6.26 Å².